The lowest BCUT2D eigenvalue weighted by atomic mass is 9.97. The Morgan fingerprint density at radius 2 is 2.00 bits per heavy atom. The van der Waals surface area contributed by atoms with E-state index in [-0.39, 0.29) is 23.8 Å². The van der Waals surface area contributed by atoms with Crippen molar-refractivity contribution < 1.29 is 19.0 Å². The van der Waals surface area contributed by atoms with Crippen LogP contribution < -0.4 is 0 Å². The summed E-state index contributed by atoms with van der Waals surface area (Å²) < 4.78 is 16.9. The number of piperidine rings is 1. The molecule has 1 aliphatic carbocycles. The molecular formula is C15H25NO4. The van der Waals surface area contributed by atoms with E-state index in [2.05, 4.69) is 4.90 Å². The van der Waals surface area contributed by atoms with Crippen LogP contribution >= 0.6 is 0 Å². The van der Waals surface area contributed by atoms with Gasteiger partial charge in [0.15, 0.2) is 5.79 Å². The second-order valence-electron chi connectivity index (χ2n) is 6.27. The van der Waals surface area contributed by atoms with Gasteiger partial charge in [0, 0.05) is 19.4 Å². The Bertz CT molecular complexity index is 346. The molecule has 3 rings (SSSR count). The van der Waals surface area contributed by atoms with Crippen molar-refractivity contribution in [3.05, 3.63) is 0 Å². The summed E-state index contributed by atoms with van der Waals surface area (Å²) in [7, 11) is 1.47. The summed E-state index contributed by atoms with van der Waals surface area (Å²) >= 11 is 0. The number of esters is 1. The number of nitrogens with zero attached hydrogens (tertiary/aromatic N) is 1. The van der Waals surface area contributed by atoms with E-state index in [1.807, 2.05) is 0 Å². The molecule has 0 aromatic rings. The molecule has 1 saturated carbocycles. The fourth-order valence-corrected chi connectivity index (χ4v) is 3.69. The maximum atomic E-state index is 11.5. The van der Waals surface area contributed by atoms with Crippen LogP contribution in [0.5, 0.6) is 0 Å². The molecule has 2 heterocycles. The highest BCUT2D eigenvalue weighted by Crippen LogP contribution is 2.39. The Balaban J connectivity index is 1.43. The van der Waals surface area contributed by atoms with Gasteiger partial charge >= 0.3 is 5.97 Å². The third kappa shape index (κ3) is 3.00. The molecule has 5 nitrogen and oxygen atoms in total. The van der Waals surface area contributed by atoms with Crippen LogP contribution in [0.15, 0.2) is 0 Å². The highest BCUT2D eigenvalue weighted by molar-refractivity contribution is 5.72. The van der Waals surface area contributed by atoms with E-state index in [1.54, 1.807) is 0 Å². The number of likely N-dealkylation sites (tertiary alicyclic amines) is 1. The van der Waals surface area contributed by atoms with Crippen molar-refractivity contribution in [2.75, 3.05) is 33.4 Å². The van der Waals surface area contributed by atoms with Crippen LogP contribution in [0.2, 0.25) is 0 Å². The van der Waals surface area contributed by atoms with Crippen molar-refractivity contribution in [3.63, 3.8) is 0 Å². The van der Waals surface area contributed by atoms with Gasteiger partial charge in [0.05, 0.1) is 25.7 Å². The smallest absolute Gasteiger partial charge is 0.308 e. The molecule has 114 valence electrons. The lowest BCUT2D eigenvalue weighted by Crippen LogP contribution is -2.41. The molecule has 0 aromatic carbocycles. The maximum Gasteiger partial charge on any atom is 0.308 e. The molecule has 1 atom stereocenters. The molecule has 1 unspecified atom stereocenters. The predicted molar refractivity (Wildman–Crippen MR) is 73.2 cm³/mol. The summed E-state index contributed by atoms with van der Waals surface area (Å²) in [5, 5.41) is 0. The summed E-state index contributed by atoms with van der Waals surface area (Å²) in [6, 6.07) is 0. The van der Waals surface area contributed by atoms with E-state index in [9.17, 15) is 4.79 Å². The van der Waals surface area contributed by atoms with Gasteiger partial charge in [-0.2, -0.15) is 0 Å². The van der Waals surface area contributed by atoms with Crippen molar-refractivity contribution in [2.45, 2.75) is 50.4 Å². The average Bonchev–Trinajstić information content (AvgIpc) is 3.09. The van der Waals surface area contributed by atoms with E-state index in [0.29, 0.717) is 0 Å². The Morgan fingerprint density at radius 1 is 1.30 bits per heavy atom. The Kier molecular flexibility index (Phi) is 4.29. The van der Waals surface area contributed by atoms with Crippen LogP contribution in [0.25, 0.3) is 0 Å². The topological polar surface area (TPSA) is 48.0 Å². The monoisotopic (exact) mass is 283 g/mol. The zero-order valence-electron chi connectivity index (χ0n) is 12.3. The largest absolute Gasteiger partial charge is 0.469 e. The van der Waals surface area contributed by atoms with Gasteiger partial charge in [-0.05, 0) is 38.8 Å². The Morgan fingerprint density at radius 3 is 2.65 bits per heavy atom. The SMILES string of the molecule is COC(=O)C1CCN(CC2COC3(CCCC3)O2)CC1. The van der Waals surface area contributed by atoms with Crippen LogP contribution in [-0.2, 0) is 19.0 Å². The van der Waals surface area contributed by atoms with Crippen LogP contribution in [0, 0.1) is 5.92 Å². The summed E-state index contributed by atoms with van der Waals surface area (Å²) in [4.78, 5) is 13.9. The van der Waals surface area contributed by atoms with Crippen LogP contribution in [-0.4, -0.2) is 56.1 Å². The zero-order valence-corrected chi connectivity index (χ0v) is 12.3. The van der Waals surface area contributed by atoms with Crippen molar-refractivity contribution in [3.8, 4) is 0 Å². The predicted octanol–water partition coefficient (Wildman–Crippen LogP) is 1.56. The normalized spacial score (nSPS) is 30.9. The van der Waals surface area contributed by atoms with Gasteiger partial charge < -0.3 is 19.1 Å². The number of ether oxygens (including phenoxy) is 3. The summed E-state index contributed by atoms with van der Waals surface area (Å²) in [6.07, 6.45) is 6.52. The average molecular weight is 283 g/mol. The number of rotatable bonds is 3. The van der Waals surface area contributed by atoms with E-state index in [0.717, 1.165) is 51.9 Å². The molecule has 0 radical (unpaired) electrons. The molecule has 2 aliphatic heterocycles. The Labute approximate surface area is 120 Å². The number of carbonyl (C=O) groups excluding carboxylic acids is 1. The highest BCUT2D eigenvalue weighted by atomic mass is 16.7. The van der Waals surface area contributed by atoms with Gasteiger partial charge in [0.25, 0.3) is 0 Å². The molecule has 5 heteroatoms. The van der Waals surface area contributed by atoms with Gasteiger partial charge in [-0.15, -0.1) is 0 Å². The fourth-order valence-electron chi connectivity index (χ4n) is 3.69. The first-order valence-corrected chi connectivity index (χ1v) is 7.83. The number of hydrogen-bond acceptors (Lipinski definition) is 5. The summed E-state index contributed by atoms with van der Waals surface area (Å²) in [5.74, 6) is -0.233. The zero-order chi connectivity index (χ0) is 14.0. The standard InChI is InChI=1S/C15H25NO4/c1-18-14(17)12-4-8-16(9-5-12)10-13-11-19-15(20-13)6-2-3-7-15/h12-13H,2-11H2,1H3. The quantitative estimate of drug-likeness (QED) is 0.736. The van der Waals surface area contributed by atoms with Crippen LogP contribution in [0.1, 0.15) is 38.5 Å². The van der Waals surface area contributed by atoms with Crippen molar-refractivity contribution in [1.29, 1.82) is 0 Å². The molecule has 0 amide bonds. The minimum absolute atomic E-state index is 0.0602. The molecule has 20 heavy (non-hydrogen) atoms. The minimum Gasteiger partial charge on any atom is -0.469 e. The number of carbonyl (C=O) groups is 1. The third-order valence-corrected chi connectivity index (χ3v) is 4.86. The third-order valence-electron chi connectivity index (χ3n) is 4.86. The van der Waals surface area contributed by atoms with Crippen molar-refractivity contribution >= 4 is 5.97 Å². The molecule has 2 saturated heterocycles. The number of methoxy groups -OCH3 is 1. The second-order valence-corrected chi connectivity index (χ2v) is 6.27. The molecule has 3 fully saturated rings. The van der Waals surface area contributed by atoms with E-state index in [4.69, 9.17) is 14.2 Å². The minimum atomic E-state index is -0.255. The number of hydrogen-bond donors (Lipinski definition) is 0. The van der Waals surface area contributed by atoms with Crippen molar-refractivity contribution in [2.24, 2.45) is 5.92 Å². The van der Waals surface area contributed by atoms with E-state index in [1.165, 1.54) is 20.0 Å². The highest BCUT2D eigenvalue weighted by Gasteiger charge is 2.44. The molecular weight excluding hydrogens is 258 g/mol. The molecule has 0 bridgehead atoms. The van der Waals surface area contributed by atoms with Gasteiger partial charge in [-0.3, -0.25) is 4.79 Å². The lowest BCUT2D eigenvalue weighted by molar-refractivity contribution is -0.163. The summed E-state index contributed by atoms with van der Waals surface area (Å²) in [5.41, 5.74) is 0. The first-order valence-electron chi connectivity index (χ1n) is 7.83. The maximum absolute atomic E-state index is 11.5. The molecule has 1 spiro atoms. The first kappa shape index (κ1) is 14.3. The van der Waals surface area contributed by atoms with Crippen LogP contribution in [0.3, 0.4) is 0 Å². The molecule has 0 aromatic heterocycles. The molecule has 3 aliphatic rings. The lowest BCUT2D eigenvalue weighted by Gasteiger charge is -2.32. The fraction of sp³-hybridized carbons (Fsp3) is 0.933. The van der Waals surface area contributed by atoms with Gasteiger partial charge in [-0.1, -0.05) is 0 Å². The second kappa shape index (κ2) is 6.00. The summed E-state index contributed by atoms with van der Waals surface area (Å²) in [6.45, 7) is 3.55. The van der Waals surface area contributed by atoms with Crippen molar-refractivity contribution in [1.82, 2.24) is 4.90 Å². The Hall–Kier alpha value is -0.650. The van der Waals surface area contributed by atoms with Gasteiger partial charge in [0.1, 0.15) is 0 Å². The van der Waals surface area contributed by atoms with E-state index < -0.39 is 0 Å². The van der Waals surface area contributed by atoms with Gasteiger partial charge in [-0.25, -0.2) is 0 Å². The van der Waals surface area contributed by atoms with Crippen LogP contribution in [0.4, 0.5) is 0 Å². The van der Waals surface area contributed by atoms with E-state index >= 15 is 0 Å². The van der Waals surface area contributed by atoms with Gasteiger partial charge in [0.2, 0.25) is 0 Å². The first-order chi connectivity index (χ1) is 9.71. The molecule has 0 N–H and O–H groups in total.